The minimum absolute atomic E-state index is 0.0750. The van der Waals surface area contributed by atoms with Crippen LogP contribution in [0, 0.1) is 17.0 Å². The van der Waals surface area contributed by atoms with Gasteiger partial charge in [-0.1, -0.05) is 85.9 Å². The maximum atomic E-state index is 14.6. The van der Waals surface area contributed by atoms with Crippen molar-refractivity contribution in [1.29, 1.82) is 0 Å². The molecule has 2 N–H and O–H groups in total. The van der Waals surface area contributed by atoms with Crippen molar-refractivity contribution >= 4 is 72.4 Å². The van der Waals surface area contributed by atoms with E-state index in [-0.39, 0.29) is 32.1 Å². The fourth-order valence-corrected chi connectivity index (χ4v) is 6.94. The molecule has 0 aliphatic carbocycles. The van der Waals surface area contributed by atoms with Crippen molar-refractivity contribution in [2.45, 2.75) is 38.0 Å². The van der Waals surface area contributed by atoms with Crippen LogP contribution >= 0.6 is 23.2 Å². The van der Waals surface area contributed by atoms with Gasteiger partial charge in [0.1, 0.15) is 0 Å². The first-order chi connectivity index (χ1) is 20.7. The van der Waals surface area contributed by atoms with Crippen LogP contribution in [-0.4, -0.2) is 18.4 Å². The first-order valence-corrected chi connectivity index (χ1v) is 15.8. The Kier molecular flexibility index (Phi) is 8.24. The van der Waals surface area contributed by atoms with Crippen molar-refractivity contribution in [3.63, 3.8) is 0 Å². The summed E-state index contributed by atoms with van der Waals surface area (Å²) < 4.78 is 30.4. The van der Waals surface area contributed by atoms with E-state index in [1.54, 1.807) is 0 Å². The van der Waals surface area contributed by atoms with E-state index < -0.39 is 20.4 Å². The number of non-ortho nitro benzene ring substituents is 1. The van der Waals surface area contributed by atoms with E-state index in [2.05, 4.69) is 5.32 Å². The molecule has 0 radical (unpaired) electrons. The summed E-state index contributed by atoms with van der Waals surface area (Å²) in [6, 6.07) is 24.6. The molecule has 0 saturated heterocycles. The predicted octanol–water partition coefficient (Wildman–Crippen LogP) is 9.64. The number of hydrogen-bond donors (Lipinski definition) is 2. The van der Waals surface area contributed by atoms with Crippen LogP contribution in [0.4, 0.5) is 28.4 Å². The SMILES string of the molecule is Cc1ccc(Nc2cc(C(C)(C)C)c(N(c3cc(Cl)c(O)c(Cl)c3)S(=O)(=O)c3ccc([N+](=O)[O-])cc3)c3ccccc23)cc1. The number of phenols is 1. The molecule has 44 heavy (non-hydrogen) atoms. The molecule has 0 saturated carbocycles. The van der Waals surface area contributed by atoms with Gasteiger partial charge in [0.05, 0.1) is 31.2 Å². The molecule has 0 amide bonds. The van der Waals surface area contributed by atoms with E-state index in [0.29, 0.717) is 16.6 Å². The molecule has 5 aromatic carbocycles. The van der Waals surface area contributed by atoms with Gasteiger partial charge in [-0.05, 0) is 60.4 Å². The number of sulfonamides is 1. The summed E-state index contributed by atoms with van der Waals surface area (Å²) in [5.41, 5.74) is 3.01. The van der Waals surface area contributed by atoms with Crippen LogP contribution in [0.15, 0.2) is 95.9 Å². The molecule has 8 nitrogen and oxygen atoms in total. The van der Waals surface area contributed by atoms with Gasteiger partial charge in [-0.3, -0.25) is 10.1 Å². The van der Waals surface area contributed by atoms with Crippen LogP contribution in [0.1, 0.15) is 31.9 Å². The quantitative estimate of drug-likeness (QED) is 0.134. The number of nitrogens with zero attached hydrogens (tertiary/aromatic N) is 2. The molecule has 0 heterocycles. The number of nitrogens with one attached hydrogen (secondary N) is 1. The number of aryl methyl sites for hydroxylation is 1. The molecule has 0 fully saturated rings. The number of aromatic hydroxyl groups is 1. The molecular formula is C33H29Cl2N3O5S. The molecule has 0 aliphatic rings. The van der Waals surface area contributed by atoms with Crippen LogP contribution in [0.2, 0.25) is 10.0 Å². The van der Waals surface area contributed by atoms with Gasteiger partial charge in [-0.15, -0.1) is 0 Å². The first kappa shape index (κ1) is 31.1. The third kappa shape index (κ3) is 5.91. The number of hydrogen-bond acceptors (Lipinski definition) is 6. The summed E-state index contributed by atoms with van der Waals surface area (Å²) in [5, 5.41) is 26.2. The molecule has 5 rings (SSSR count). The highest BCUT2D eigenvalue weighted by Gasteiger charge is 2.35. The number of benzene rings is 5. The smallest absolute Gasteiger partial charge is 0.269 e. The van der Waals surface area contributed by atoms with Crippen molar-refractivity contribution in [2.75, 3.05) is 9.62 Å². The summed E-state index contributed by atoms with van der Waals surface area (Å²) in [7, 11) is -4.46. The molecule has 0 aromatic heterocycles. The van der Waals surface area contributed by atoms with E-state index in [1.807, 2.05) is 82.3 Å². The molecule has 11 heteroatoms. The van der Waals surface area contributed by atoms with Gasteiger partial charge in [0.25, 0.3) is 15.7 Å². The maximum absolute atomic E-state index is 14.6. The molecule has 0 bridgehead atoms. The number of anilines is 4. The molecule has 0 unspecified atom stereocenters. The average molecular weight is 651 g/mol. The number of nitro benzene ring substituents is 1. The fraction of sp³-hybridized carbons (Fsp3) is 0.152. The number of rotatable bonds is 7. The van der Waals surface area contributed by atoms with E-state index in [9.17, 15) is 23.6 Å². The van der Waals surface area contributed by atoms with Gasteiger partial charge >= 0.3 is 0 Å². The maximum Gasteiger partial charge on any atom is 0.269 e. The van der Waals surface area contributed by atoms with E-state index in [1.165, 1.54) is 24.3 Å². The molecule has 0 aliphatic heterocycles. The van der Waals surface area contributed by atoms with E-state index in [0.717, 1.165) is 38.8 Å². The molecule has 5 aromatic rings. The Morgan fingerprint density at radius 1 is 0.864 bits per heavy atom. The van der Waals surface area contributed by atoms with Crippen LogP contribution in [0.5, 0.6) is 5.75 Å². The lowest BCUT2D eigenvalue weighted by Gasteiger charge is -2.33. The second-order valence-corrected chi connectivity index (χ2v) is 14.0. The van der Waals surface area contributed by atoms with Crippen molar-refractivity contribution in [1.82, 2.24) is 0 Å². The van der Waals surface area contributed by atoms with Crippen molar-refractivity contribution in [3.8, 4) is 5.75 Å². The van der Waals surface area contributed by atoms with Gasteiger partial charge < -0.3 is 10.4 Å². The zero-order valence-corrected chi connectivity index (χ0v) is 26.6. The third-order valence-electron chi connectivity index (χ3n) is 7.18. The topological polar surface area (TPSA) is 113 Å². The van der Waals surface area contributed by atoms with Gasteiger partial charge in [-0.25, -0.2) is 12.7 Å². The lowest BCUT2D eigenvalue weighted by molar-refractivity contribution is -0.384. The Hall–Kier alpha value is -4.31. The average Bonchev–Trinajstić information content (AvgIpc) is 2.97. The van der Waals surface area contributed by atoms with Gasteiger partial charge in [0.2, 0.25) is 0 Å². The van der Waals surface area contributed by atoms with E-state index in [4.69, 9.17) is 23.2 Å². The van der Waals surface area contributed by atoms with Gasteiger partial charge in [0.15, 0.2) is 5.75 Å². The van der Waals surface area contributed by atoms with Crippen LogP contribution in [0.3, 0.4) is 0 Å². The zero-order valence-electron chi connectivity index (χ0n) is 24.3. The summed E-state index contributed by atoms with van der Waals surface area (Å²) in [6.07, 6.45) is 0. The Bertz CT molecular complexity index is 1980. The fourth-order valence-electron chi connectivity index (χ4n) is 4.95. The lowest BCUT2D eigenvalue weighted by Crippen LogP contribution is -2.29. The number of nitro groups is 1. The number of halogens is 2. The monoisotopic (exact) mass is 649 g/mol. The highest BCUT2D eigenvalue weighted by Crippen LogP contribution is 2.48. The Balaban J connectivity index is 1.87. The minimum atomic E-state index is -4.46. The molecule has 226 valence electrons. The Morgan fingerprint density at radius 2 is 1.43 bits per heavy atom. The summed E-state index contributed by atoms with van der Waals surface area (Å²) in [5.74, 6) is -0.386. The van der Waals surface area contributed by atoms with Crippen LogP contribution < -0.4 is 9.62 Å². The Morgan fingerprint density at radius 3 is 1.98 bits per heavy atom. The normalized spacial score (nSPS) is 11.9. The Labute approximate surface area is 265 Å². The largest absolute Gasteiger partial charge is 0.505 e. The second-order valence-electron chi connectivity index (χ2n) is 11.4. The second kappa shape index (κ2) is 11.6. The first-order valence-electron chi connectivity index (χ1n) is 13.6. The van der Waals surface area contributed by atoms with Crippen molar-refractivity contribution in [2.24, 2.45) is 0 Å². The van der Waals surface area contributed by atoms with Crippen LogP contribution in [0.25, 0.3) is 10.8 Å². The number of fused-ring (bicyclic) bond motifs is 1. The molecule has 0 spiro atoms. The summed E-state index contributed by atoms with van der Waals surface area (Å²) in [6.45, 7) is 7.94. The molecular weight excluding hydrogens is 621 g/mol. The standard InChI is InChI=1S/C33H29Cl2N3O5S/c1-20-9-11-21(12-10-20)36-30-19-27(33(2,3)4)31(26-8-6-5-7-25(26)30)37(23-17-28(34)32(39)29(35)18-23)44(42,43)24-15-13-22(14-16-24)38(40)41/h5-19,36,39H,1-4H3. The van der Waals surface area contributed by atoms with Crippen molar-refractivity contribution in [3.05, 3.63) is 122 Å². The third-order valence-corrected chi connectivity index (χ3v) is 9.50. The van der Waals surface area contributed by atoms with Gasteiger partial charge in [0, 0.05) is 34.3 Å². The lowest BCUT2D eigenvalue weighted by atomic mass is 9.83. The zero-order chi connectivity index (χ0) is 32.0. The highest BCUT2D eigenvalue weighted by molar-refractivity contribution is 7.93. The van der Waals surface area contributed by atoms with E-state index >= 15 is 0 Å². The van der Waals surface area contributed by atoms with Gasteiger partial charge in [-0.2, -0.15) is 0 Å². The minimum Gasteiger partial charge on any atom is -0.505 e. The summed E-state index contributed by atoms with van der Waals surface area (Å²) in [4.78, 5) is 10.5. The molecule has 0 atom stereocenters. The predicted molar refractivity (Wildman–Crippen MR) is 178 cm³/mol. The van der Waals surface area contributed by atoms with Crippen LogP contribution in [-0.2, 0) is 15.4 Å². The van der Waals surface area contributed by atoms with Crippen molar-refractivity contribution < 1.29 is 18.4 Å². The highest BCUT2D eigenvalue weighted by atomic mass is 35.5. The number of phenolic OH excluding ortho intramolecular Hbond substituents is 1. The summed E-state index contributed by atoms with van der Waals surface area (Å²) >= 11 is 12.7.